The fourth-order valence-electron chi connectivity index (χ4n) is 5.46. The molecule has 4 aromatic heterocycles. The first-order chi connectivity index (χ1) is 17.4. The average Bonchev–Trinajstić information content (AvgIpc) is 3.53. The van der Waals surface area contributed by atoms with E-state index in [1.807, 2.05) is 22.1 Å². The summed E-state index contributed by atoms with van der Waals surface area (Å²) in [4.78, 5) is 24.7. The van der Waals surface area contributed by atoms with Crippen molar-refractivity contribution >= 4 is 28.4 Å². The van der Waals surface area contributed by atoms with E-state index in [4.69, 9.17) is 0 Å². The van der Waals surface area contributed by atoms with Crippen molar-refractivity contribution < 1.29 is 18.0 Å². The summed E-state index contributed by atoms with van der Waals surface area (Å²) in [6.45, 7) is 2.56. The number of carbonyl (C=O) groups is 1. The molecule has 0 unspecified atom stereocenters. The van der Waals surface area contributed by atoms with Crippen LogP contribution in [0.5, 0.6) is 0 Å². The van der Waals surface area contributed by atoms with Gasteiger partial charge in [-0.15, -0.1) is 15.3 Å². The van der Waals surface area contributed by atoms with Gasteiger partial charge in [0.2, 0.25) is 5.91 Å². The maximum atomic E-state index is 13.2. The van der Waals surface area contributed by atoms with Crippen LogP contribution in [-0.4, -0.2) is 66.8 Å². The minimum absolute atomic E-state index is 0.0449. The van der Waals surface area contributed by atoms with E-state index in [0.717, 1.165) is 41.5 Å². The van der Waals surface area contributed by atoms with Crippen LogP contribution < -0.4 is 4.90 Å². The number of nitrogens with one attached hydrogen (secondary N) is 1. The predicted octanol–water partition coefficient (Wildman–Crippen LogP) is 3.64. The van der Waals surface area contributed by atoms with Crippen LogP contribution >= 0.6 is 0 Å². The van der Waals surface area contributed by atoms with Gasteiger partial charge in [-0.25, -0.2) is 4.98 Å². The first kappa shape index (κ1) is 22.7. The van der Waals surface area contributed by atoms with Crippen molar-refractivity contribution in [2.45, 2.75) is 37.8 Å². The van der Waals surface area contributed by atoms with Gasteiger partial charge in [-0.1, -0.05) is 0 Å². The Labute approximate surface area is 204 Å². The lowest BCUT2D eigenvalue weighted by Gasteiger charge is -2.37. The maximum absolute atomic E-state index is 13.2. The highest BCUT2D eigenvalue weighted by atomic mass is 19.4. The molecule has 0 saturated carbocycles. The number of piperidine rings is 2. The predicted molar refractivity (Wildman–Crippen MR) is 125 cm³/mol. The molecule has 1 amide bonds. The van der Waals surface area contributed by atoms with Crippen molar-refractivity contribution in [2.24, 2.45) is 5.92 Å². The van der Waals surface area contributed by atoms with E-state index in [0.29, 0.717) is 37.7 Å². The molecule has 9 nitrogen and oxygen atoms in total. The number of amides is 1. The van der Waals surface area contributed by atoms with Gasteiger partial charge in [0.15, 0.2) is 5.65 Å². The minimum Gasteiger partial charge on any atom is -0.355 e. The number of nitrogens with zero attached hydrogens (tertiary/aromatic N) is 7. The molecule has 2 saturated heterocycles. The van der Waals surface area contributed by atoms with Crippen molar-refractivity contribution in [3.05, 3.63) is 48.0 Å². The van der Waals surface area contributed by atoms with Crippen LogP contribution in [-0.2, 0) is 11.0 Å². The maximum Gasteiger partial charge on any atom is 0.453 e. The normalized spacial score (nSPS) is 18.4. The van der Waals surface area contributed by atoms with Gasteiger partial charge in [0.25, 0.3) is 5.82 Å². The summed E-state index contributed by atoms with van der Waals surface area (Å²) in [5.74, 6) is -0.228. The summed E-state index contributed by atoms with van der Waals surface area (Å²) < 4.78 is 40.3. The fourth-order valence-corrected chi connectivity index (χ4v) is 5.46. The van der Waals surface area contributed by atoms with Crippen LogP contribution in [0.15, 0.2) is 36.7 Å². The van der Waals surface area contributed by atoms with E-state index in [-0.39, 0.29) is 17.5 Å². The fraction of sp³-hybridized carbons (Fsp3) is 0.458. The molecule has 12 heteroatoms. The van der Waals surface area contributed by atoms with Crippen LogP contribution in [0.1, 0.15) is 43.0 Å². The molecule has 2 fully saturated rings. The van der Waals surface area contributed by atoms with Gasteiger partial charge in [-0.05, 0) is 61.4 Å². The first-order valence-electron chi connectivity index (χ1n) is 12.1. The number of H-pyrrole nitrogens is 1. The van der Waals surface area contributed by atoms with Crippen LogP contribution in [0.3, 0.4) is 0 Å². The Kier molecular flexibility index (Phi) is 5.53. The summed E-state index contributed by atoms with van der Waals surface area (Å²) >= 11 is 0. The van der Waals surface area contributed by atoms with Crippen LogP contribution in [0.4, 0.5) is 19.0 Å². The lowest BCUT2D eigenvalue weighted by molar-refractivity contribution is -0.146. The molecule has 4 aromatic rings. The Morgan fingerprint density at radius 3 is 2.53 bits per heavy atom. The number of aromatic nitrogens is 6. The van der Waals surface area contributed by atoms with Crippen LogP contribution in [0, 0.1) is 5.92 Å². The first-order valence-corrected chi connectivity index (χ1v) is 12.1. The van der Waals surface area contributed by atoms with Crippen molar-refractivity contribution in [2.75, 3.05) is 31.1 Å². The number of likely N-dealkylation sites (tertiary alicyclic amines) is 1. The topological polar surface area (TPSA) is 95.3 Å². The van der Waals surface area contributed by atoms with Gasteiger partial charge < -0.3 is 14.8 Å². The highest BCUT2D eigenvalue weighted by Gasteiger charge is 2.38. The van der Waals surface area contributed by atoms with Gasteiger partial charge in [-0.2, -0.15) is 17.7 Å². The Hall–Kier alpha value is -3.70. The van der Waals surface area contributed by atoms with Gasteiger partial charge in [0.05, 0.1) is 0 Å². The van der Waals surface area contributed by atoms with Gasteiger partial charge in [0, 0.05) is 49.9 Å². The molecule has 0 radical (unpaired) electrons. The highest BCUT2D eigenvalue weighted by molar-refractivity contribution is 5.81. The smallest absolute Gasteiger partial charge is 0.355 e. The third kappa shape index (κ3) is 4.03. The highest BCUT2D eigenvalue weighted by Crippen LogP contribution is 2.34. The Morgan fingerprint density at radius 1 is 1.00 bits per heavy atom. The van der Waals surface area contributed by atoms with E-state index in [2.05, 4.69) is 31.3 Å². The average molecular weight is 499 g/mol. The largest absolute Gasteiger partial charge is 0.453 e. The van der Waals surface area contributed by atoms with E-state index >= 15 is 0 Å². The molecule has 1 N–H and O–H groups in total. The van der Waals surface area contributed by atoms with Crippen molar-refractivity contribution in [1.82, 2.24) is 34.7 Å². The minimum atomic E-state index is -4.64. The van der Waals surface area contributed by atoms with Gasteiger partial charge in [-0.3, -0.25) is 4.79 Å². The summed E-state index contributed by atoms with van der Waals surface area (Å²) in [6.07, 6.45) is 2.29. The van der Waals surface area contributed by atoms with E-state index < -0.39 is 12.0 Å². The zero-order valence-electron chi connectivity index (χ0n) is 19.4. The number of alkyl halides is 3. The zero-order chi connectivity index (χ0) is 24.9. The second kappa shape index (κ2) is 8.75. The second-order valence-corrected chi connectivity index (χ2v) is 9.49. The molecule has 2 aliphatic rings. The number of rotatable bonds is 3. The quantitative estimate of drug-likeness (QED) is 0.464. The number of carbonyl (C=O) groups excluding carboxylic acids is 1. The van der Waals surface area contributed by atoms with Crippen molar-refractivity contribution in [3.63, 3.8) is 0 Å². The van der Waals surface area contributed by atoms with Crippen molar-refractivity contribution in [1.29, 1.82) is 0 Å². The number of aromatic amines is 1. The second-order valence-electron chi connectivity index (χ2n) is 9.49. The Morgan fingerprint density at radius 2 is 1.78 bits per heavy atom. The SMILES string of the molecule is O=C(C1CCN(c2ccc3nnc(C(F)(F)F)n3n2)CC1)N1CCC(c2c[nH]c3ncccc23)CC1. The zero-order valence-corrected chi connectivity index (χ0v) is 19.4. The number of pyridine rings is 1. The molecule has 6 heterocycles. The molecule has 188 valence electrons. The van der Waals surface area contributed by atoms with E-state index in [1.165, 1.54) is 11.6 Å². The number of hydrogen-bond acceptors (Lipinski definition) is 6. The summed E-state index contributed by atoms with van der Waals surface area (Å²) in [5.41, 5.74) is 2.21. The third-order valence-corrected chi connectivity index (χ3v) is 7.40. The molecule has 0 atom stereocenters. The van der Waals surface area contributed by atoms with Crippen LogP contribution in [0.25, 0.3) is 16.7 Å². The Bertz CT molecular complexity index is 1400. The molecule has 0 aliphatic carbocycles. The monoisotopic (exact) mass is 498 g/mol. The van der Waals surface area contributed by atoms with Gasteiger partial charge >= 0.3 is 6.18 Å². The number of anilines is 1. The van der Waals surface area contributed by atoms with Crippen molar-refractivity contribution in [3.8, 4) is 0 Å². The third-order valence-electron chi connectivity index (χ3n) is 7.40. The summed E-state index contributed by atoms with van der Waals surface area (Å²) in [5, 5.41) is 12.1. The molecular weight excluding hydrogens is 473 g/mol. The summed E-state index contributed by atoms with van der Waals surface area (Å²) in [7, 11) is 0. The Balaban J connectivity index is 1.07. The molecule has 2 aliphatic heterocycles. The molecule has 6 rings (SSSR count). The number of hydrogen-bond donors (Lipinski definition) is 1. The molecular formula is C24H25F3N8O. The molecule has 36 heavy (non-hydrogen) atoms. The number of halogens is 3. The lowest BCUT2D eigenvalue weighted by atomic mass is 9.88. The standard InChI is InChI=1S/C24H25F3N8O/c25-24(26,27)23-31-30-19-3-4-20(32-35(19)23)33-10-7-16(8-11-33)22(36)34-12-5-15(6-13-34)18-14-29-21-17(18)2-1-9-28-21/h1-4,9,14-16H,5-8,10-13H2,(H,28,29). The number of fused-ring (bicyclic) bond motifs is 2. The molecule has 0 aromatic carbocycles. The molecule has 0 spiro atoms. The van der Waals surface area contributed by atoms with E-state index in [1.54, 1.807) is 12.3 Å². The molecule has 0 bridgehead atoms. The lowest BCUT2D eigenvalue weighted by Crippen LogP contribution is -2.45. The van der Waals surface area contributed by atoms with Crippen LogP contribution in [0.2, 0.25) is 0 Å². The van der Waals surface area contributed by atoms with E-state index in [9.17, 15) is 18.0 Å². The van der Waals surface area contributed by atoms with Gasteiger partial charge in [0.1, 0.15) is 11.5 Å². The summed E-state index contributed by atoms with van der Waals surface area (Å²) in [6, 6.07) is 7.16.